The molecule has 0 saturated carbocycles. The van der Waals surface area contributed by atoms with Gasteiger partial charge in [0.1, 0.15) is 0 Å². The number of hydrogen-bond acceptors (Lipinski definition) is 1. The second kappa shape index (κ2) is 5.68. The molecule has 3 heteroatoms. The summed E-state index contributed by atoms with van der Waals surface area (Å²) in [6.07, 6.45) is 4.39. The highest BCUT2D eigenvalue weighted by Crippen LogP contribution is 2.27. The first-order chi connectivity index (χ1) is 8.90. The van der Waals surface area contributed by atoms with Crippen LogP contribution in [-0.4, -0.2) is 11.1 Å². The third-order valence-corrected chi connectivity index (χ3v) is 3.94. The molecule has 1 heterocycles. The molecule has 1 aromatic heterocycles. The van der Waals surface area contributed by atoms with E-state index in [2.05, 4.69) is 65.7 Å². The second-order valence-corrected chi connectivity index (χ2v) is 7.27. The van der Waals surface area contributed by atoms with E-state index >= 15 is 0 Å². The van der Waals surface area contributed by atoms with E-state index in [0.717, 1.165) is 17.4 Å². The van der Waals surface area contributed by atoms with Gasteiger partial charge in [-0.2, -0.15) is 0 Å². The molecule has 0 fully saturated rings. The van der Waals surface area contributed by atoms with Crippen molar-refractivity contribution in [1.82, 2.24) is 4.57 Å². The van der Waals surface area contributed by atoms with Crippen LogP contribution in [0, 0.1) is 5.41 Å². The van der Waals surface area contributed by atoms with E-state index in [9.17, 15) is 0 Å². The first-order valence-corrected chi connectivity index (χ1v) is 7.67. The van der Waals surface area contributed by atoms with Gasteiger partial charge in [-0.3, -0.25) is 0 Å². The lowest BCUT2D eigenvalue weighted by atomic mass is 9.92. The zero-order valence-electron chi connectivity index (χ0n) is 12.0. The number of aromatic nitrogens is 1. The Labute approximate surface area is 124 Å². The molecule has 2 nitrogen and oxygen atoms in total. The number of benzene rings is 1. The summed E-state index contributed by atoms with van der Waals surface area (Å²) in [7, 11) is 0. The summed E-state index contributed by atoms with van der Waals surface area (Å²) in [6.45, 7) is 8.62. The van der Waals surface area contributed by atoms with E-state index in [-0.39, 0.29) is 0 Å². The van der Waals surface area contributed by atoms with Crippen LogP contribution in [0.1, 0.15) is 32.8 Å². The molecule has 2 aromatic rings. The van der Waals surface area contributed by atoms with Crippen LogP contribution < -0.4 is 5.73 Å². The number of aryl methyl sites for hydroxylation is 1. The van der Waals surface area contributed by atoms with Gasteiger partial charge >= 0.3 is 0 Å². The second-order valence-electron chi connectivity index (χ2n) is 6.36. The molecule has 0 atom stereocenters. The van der Waals surface area contributed by atoms with Crippen LogP contribution in [0.25, 0.3) is 10.9 Å². The summed E-state index contributed by atoms with van der Waals surface area (Å²) in [6, 6.07) is 6.51. The fraction of sp³-hybridized carbons (Fsp3) is 0.500. The number of hydrogen-bond donors (Lipinski definition) is 1. The van der Waals surface area contributed by atoms with Crippen molar-refractivity contribution < 1.29 is 0 Å². The van der Waals surface area contributed by atoms with Crippen LogP contribution in [0.4, 0.5) is 0 Å². The minimum Gasteiger partial charge on any atom is -0.347 e. The van der Waals surface area contributed by atoms with E-state index < -0.39 is 0 Å². The Kier molecular flexibility index (Phi) is 4.36. The van der Waals surface area contributed by atoms with Crippen LogP contribution in [-0.2, 0) is 13.0 Å². The summed E-state index contributed by atoms with van der Waals surface area (Å²) in [5.74, 6) is 0. The molecule has 104 valence electrons. The van der Waals surface area contributed by atoms with E-state index in [1.54, 1.807) is 0 Å². The summed E-state index contributed by atoms with van der Waals surface area (Å²) in [5.41, 5.74) is 8.74. The molecule has 0 aliphatic carbocycles. The Bertz CT molecular complexity index is 564. The zero-order valence-corrected chi connectivity index (χ0v) is 13.6. The van der Waals surface area contributed by atoms with Gasteiger partial charge in [-0.1, -0.05) is 42.8 Å². The third kappa shape index (κ3) is 3.61. The van der Waals surface area contributed by atoms with Gasteiger partial charge in [-0.05, 0) is 42.5 Å². The molecule has 1 aromatic carbocycles. The number of halogens is 1. The fourth-order valence-electron chi connectivity index (χ4n) is 2.34. The van der Waals surface area contributed by atoms with E-state index in [1.807, 2.05) is 0 Å². The first kappa shape index (κ1) is 14.6. The highest BCUT2D eigenvalue weighted by molar-refractivity contribution is 9.10. The Morgan fingerprint density at radius 3 is 2.63 bits per heavy atom. The summed E-state index contributed by atoms with van der Waals surface area (Å²) >= 11 is 3.57. The number of nitrogens with zero attached hydrogens (tertiary/aromatic N) is 1. The first-order valence-electron chi connectivity index (χ1n) is 6.88. The highest BCUT2D eigenvalue weighted by atomic mass is 79.9. The molecule has 19 heavy (non-hydrogen) atoms. The summed E-state index contributed by atoms with van der Waals surface area (Å²) < 4.78 is 3.51. The standard InChI is InChI=1S/C16H23BrN2/c1-16(2,3)7-9-19-11-12(6-8-18)14-5-4-13(17)10-15(14)19/h4-5,10-11H,6-9,18H2,1-3H3. The van der Waals surface area contributed by atoms with Crippen molar-refractivity contribution in [1.29, 1.82) is 0 Å². The van der Waals surface area contributed by atoms with Gasteiger partial charge < -0.3 is 10.3 Å². The lowest BCUT2D eigenvalue weighted by molar-refractivity contribution is 0.353. The van der Waals surface area contributed by atoms with Gasteiger partial charge in [-0.25, -0.2) is 0 Å². The lowest BCUT2D eigenvalue weighted by Crippen LogP contribution is -2.09. The molecule has 0 bridgehead atoms. The maximum Gasteiger partial charge on any atom is 0.0494 e. The van der Waals surface area contributed by atoms with Gasteiger partial charge in [0, 0.05) is 28.1 Å². The van der Waals surface area contributed by atoms with Gasteiger partial charge in [-0.15, -0.1) is 0 Å². The topological polar surface area (TPSA) is 30.9 Å². The number of rotatable bonds is 4. The van der Waals surface area contributed by atoms with Crippen molar-refractivity contribution in [2.45, 2.75) is 40.2 Å². The Morgan fingerprint density at radius 1 is 1.26 bits per heavy atom. The normalized spacial score (nSPS) is 12.3. The molecular weight excluding hydrogens is 300 g/mol. The Hall–Kier alpha value is -0.800. The largest absolute Gasteiger partial charge is 0.347 e. The van der Waals surface area contributed by atoms with Crippen molar-refractivity contribution in [2.75, 3.05) is 6.54 Å². The SMILES string of the molecule is CC(C)(C)CCn1cc(CCN)c2ccc(Br)cc21. The highest BCUT2D eigenvalue weighted by Gasteiger charge is 2.13. The van der Waals surface area contributed by atoms with Crippen LogP contribution in [0.5, 0.6) is 0 Å². The van der Waals surface area contributed by atoms with Crippen LogP contribution in [0.3, 0.4) is 0 Å². The molecule has 0 unspecified atom stereocenters. The quantitative estimate of drug-likeness (QED) is 0.891. The molecule has 2 N–H and O–H groups in total. The summed E-state index contributed by atoms with van der Waals surface area (Å²) in [4.78, 5) is 0. The van der Waals surface area contributed by atoms with Crippen molar-refractivity contribution in [2.24, 2.45) is 11.1 Å². The smallest absolute Gasteiger partial charge is 0.0494 e. The van der Waals surface area contributed by atoms with Crippen molar-refractivity contribution in [3.8, 4) is 0 Å². The van der Waals surface area contributed by atoms with Gasteiger partial charge in [0.15, 0.2) is 0 Å². The predicted molar refractivity (Wildman–Crippen MR) is 86.5 cm³/mol. The van der Waals surface area contributed by atoms with Crippen LogP contribution in [0.15, 0.2) is 28.9 Å². The molecule has 0 amide bonds. The third-order valence-electron chi connectivity index (χ3n) is 3.44. The molecule has 0 saturated heterocycles. The average molecular weight is 323 g/mol. The van der Waals surface area contributed by atoms with E-state index in [1.165, 1.54) is 22.9 Å². The molecule has 0 aliphatic heterocycles. The minimum absolute atomic E-state index is 0.358. The Balaban J connectivity index is 2.39. The molecular formula is C16H23BrN2. The van der Waals surface area contributed by atoms with Crippen LogP contribution >= 0.6 is 15.9 Å². The molecule has 0 spiro atoms. The van der Waals surface area contributed by atoms with E-state index in [4.69, 9.17) is 5.73 Å². The molecule has 2 rings (SSSR count). The number of nitrogens with two attached hydrogens (primary N) is 1. The van der Waals surface area contributed by atoms with Crippen molar-refractivity contribution >= 4 is 26.8 Å². The average Bonchev–Trinajstić information content (AvgIpc) is 2.64. The zero-order chi connectivity index (χ0) is 14.0. The predicted octanol–water partition coefficient (Wildman–Crippen LogP) is 4.34. The van der Waals surface area contributed by atoms with Gasteiger partial charge in [0.25, 0.3) is 0 Å². The maximum absolute atomic E-state index is 5.72. The van der Waals surface area contributed by atoms with Crippen molar-refractivity contribution in [3.63, 3.8) is 0 Å². The monoisotopic (exact) mass is 322 g/mol. The maximum atomic E-state index is 5.72. The van der Waals surface area contributed by atoms with Crippen LogP contribution in [0.2, 0.25) is 0 Å². The summed E-state index contributed by atoms with van der Waals surface area (Å²) in [5, 5.41) is 1.34. The van der Waals surface area contributed by atoms with Gasteiger partial charge in [0.2, 0.25) is 0 Å². The van der Waals surface area contributed by atoms with Gasteiger partial charge in [0.05, 0.1) is 0 Å². The molecule has 0 radical (unpaired) electrons. The fourth-order valence-corrected chi connectivity index (χ4v) is 2.69. The number of fused-ring (bicyclic) bond motifs is 1. The lowest BCUT2D eigenvalue weighted by Gasteiger charge is -2.18. The molecule has 0 aliphatic rings. The van der Waals surface area contributed by atoms with Crippen molar-refractivity contribution in [3.05, 3.63) is 34.4 Å². The Morgan fingerprint density at radius 2 is 2.00 bits per heavy atom. The van der Waals surface area contributed by atoms with E-state index in [0.29, 0.717) is 12.0 Å². The minimum atomic E-state index is 0.358.